The maximum atomic E-state index is 12.4. The van der Waals surface area contributed by atoms with Crippen LogP contribution >= 0.6 is 11.3 Å². The number of anilines is 1. The highest BCUT2D eigenvalue weighted by Gasteiger charge is 2.18. The molecule has 0 aliphatic rings. The number of amides is 1. The summed E-state index contributed by atoms with van der Waals surface area (Å²) >= 11 is 1.42. The third-order valence-electron chi connectivity index (χ3n) is 4.06. The third kappa shape index (κ3) is 2.79. The second kappa shape index (κ2) is 6.10. The number of hydrogen-bond donors (Lipinski definition) is 1. The molecule has 1 N–H and O–H groups in total. The van der Waals surface area contributed by atoms with Gasteiger partial charge in [-0.2, -0.15) is 5.26 Å². The molecule has 24 heavy (non-hydrogen) atoms. The number of rotatable bonds is 3. The number of fused-ring (bicyclic) bond motifs is 1. The molecule has 5 nitrogen and oxygen atoms in total. The van der Waals surface area contributed by atoms with Gasteiger partial charge in [0.2, 0.25) is 5.91 Å². The molecular formula is C18H17N3O2S. The molecule has 0 aliphatic heterocycles. The fraction of sp³-hybridized carbons (Fsp3) is 0.278. The van der Waals surface area contributed by atoms with Crippen LogP contribution in [-0.2, 0) is 11.2 Å². The van der Waals surface area contributed by atoms with E-state index in [0.29, 0.717) is 21.8 Å². The smallest absolute Gasteiger partial charge is 0.231 e. The molecule has 0 aliphatic carbocycles. The molecule has 122 valence electrons. The van der Waals surface area contributed by atoms with E-state index in [1.54, 1.807) is 0 Å². The van der Waals surface area contributed by atoms with Crippen molar-refractivity contribution < 1.29 is 9.32 Å². The molecule has 2 aromatic heterocycles. The largest absolute Gasteiger partial charge is 0.356 e. The van der Waals surface area contributed by atoms with Crippen molar-refractivity contribution in [3.05, 3.63) is 45.0 Å². The lowest BCUT2D eigenvalue weighted by atomic mass is 10.1. The van der Waals surface area contributed by atoms with Crippen LogP contribution in [0.5, 0.6) is 0 Å². The predicted molar refractivity (Wildman–Crippen MR) is 94.3 cm³/mol. The number of benzene rings is 1. The fourth-order valence-electron chi connectivity index (χ4n) is 2.74. The monoisotopic (exact) mass is 339 g/mol. The Morgan fingerprint density at radius 2 is 2.08 bits per heavy atom. The van der Waals surface area contributed by atoms with E-state index in [9.17, 15) is 10.1 Å². The van der Waals surface area contributed by atoms with Crippen LogP contribution in [0.1, 0.15) is 32.8 Å². The van der Waals surface area contributed by atoms with Gasteiger partial charge in [0.05, 0.1) is 12.0 Å². The number of carbonyl (C=O) groups is 1. The highest BCUT2D eigenvalue weighted by Crippen LogP contribution is 2.32. The SMILES string of the molecule is Cc1cc(C)c2onc(CC(=O)Nc3sc(C)c(C)c3C#N)c2c1. The maximum Gasteiger partial charge on any atom is 0.231 e. The van der Waals surface area contributed by atoms with Gasteiger partial charge < -0.3 is 9.84 Å². The number of thiophene rings is 1. The summed E-state index contributed by atoms with van der Waals surface area (Å²) in [6.07, 6.45) is 0.108. The van der Waals surface area contributed by atoms with Crippen molar-refractivity contribution in [2.24, 2.45) is 0 Å². The molecule has 3 rings (SSSR count). The summed E-state index contributed by atoms with van der Waals surface area (Å²) in [5.74, 6) is -0.206. The second-order valence-electron chi connectivity index (χ2n) is 5.91. The van der Waals surface area contributed by atoms with Gasteiger partial charge in [-0.05, 0) is 50.5 Å². The van der Waals surface area contributed by atoms with Crippen LogP contribution in [-0.4, -0.2) is 11.1 Å². The van der Waals surface area contributed by atoms with Crippen LogP contribution in [0, 0.1) is 39.0 Å². The van der Waals surface area contributed by atoms with E-state index >= 15 is 0 Å². The topological polar surface area (TPSA) is 78.9 Å². The Bertz CT molecular complexity index is 992. The number of aromatic nitrogens is 1. The highest BCUT2D eigenvalue weighted by molar-refractivity contribution is 7.16. The second-order valence-corrected chi connectivity index (χ2v) is 7.14. The number of aryl methyl sites for hydroxylation is 3. The van der Waals surface area contributed by atoms with Crippen molar-refractivity contribution >= 4 is 33.2 Å². The molecule has 0 fully saturated rings. The zero-order valence-electron chi connectivity index (χ0n) is 14.0. The van der Waals surface area contributed by atoms with Crippen LogP contribution in [0.15, 0.2) is 16.7 Å². The molecule has 0 unspecified atom stereocenters. The number of nitrogens with zero attached hydrogens (tertiary/aromatic N) is 2. The van der Waals surface area contributed by atoms with Gasteiger partial charge in [0, 0.05) is 10.3 Å². The molecule has 1 aromatic carbocycles. The van der Waals surface area contributed by atoms with E-state index in [1.807, 2.05) is 39.8 Å². The van der Waals surface area contributed by atoms with Gasteiger partial charge in [0.15, 0.2) is 5.58 Å². The molecule has 6 heteroatoms. The summed E-state index contributed by atoms with van der Waals surface area (Å²) in [5.41, 5.74) is 4.86. The molecule has 0 radical (unpaired) electrons. The number of nitrogens with one attached hydrogen (secondary N) is 1. The summed E-state index contributed by atoms with van der Waals surface area (Å²) < 4.78 is 5.37. The first-order valence-corrected chi connectivity index (χ1v) is 8.37. The van der Waals surface area contributed by atoms with Crippen LogP contribution in [0.25, 0.3) is 11.0 Å². The van der Waals surface area contributed by atoms with E-state index in [4.69, 9.17) is 4.52 Å². The molecule has 2 heterocycles. The van der Waals surface area contributed by atoms with Crippen LogP contribution in [0.2, 0.25) is 0 Å². The van der Waals surface area contributed by atoms with E-state index in [-0.39, 0.29) is 12.3 Å². The summed E-state index contributed by atoms with van der Waals surface area (Å²) in [5, 5.41) is 17.6. The van der Waals surface area contributed by atoms with Crippen molar-refractivity contribution in [3.63, 3.8) is 0 Å². The fourth-order valence-corrected chi connectivity index (χ4v) is 3.77. The average molecular weight is 339 g/mol. The van der Waals surface area contributed by atoms with E-state index in [2.05, 4.69) is 16.5 Å². The Kier molecular flexibility index (Phi) is 4.12. The van der Waals surface area contributed by atoms with Crippen LogP contribution < -0.4 is 5.32 Å². The first-order chi connectivity index (χ1) is 11.4. The lowest BCUT2D eigenvalue weighted by molar-refractivity contribution is -0.115. The van der Waals surface area contributed by atoms with Crippen molar-refractivity contribution in [2.45, 2.75) is 34.1 Å². The van der Waals surface area contributed by atoms with Gasteiger partial charge in [0.1, 0.15) is 16.8 Å². The predicted octanol–water partition coefficient (Wildman–Crippen LogP) is 4.18. The van der Waals surface area contributed by atoms with Crippen molar-refractivity contribution in [2.75, 3.05) is 5.32 Å². The Labute approximate surface area is 143 Å². The molecular weight excluding hydrogens is 322 g/mol. The molecule has 0 bridgehead atoms. The summed E-state index contributed by atoms with van der Waals surface area (Å²) in [6, 6.07) is 6.15. The van der Waals surface area contributed by atoms with Crippen molar-refractivity contribution in [1.29, 1.82) is 5.26 Å². The summed E-state index contributed by atoms with van der Waals surface area (Å²) in [6.45, 7) is 7.78. The number of carbonyl (C=O) groups excluding carboxylic acids is 1. The zero-order valence-corrected chi connectivity index (χ0v) is 14.8. The first-order valence-electron chi connectivity index (χ1n) is 7.56. The van der Waals surface area contributed by atoms with E-state index in [1.165, 1.54) is 11.3 Å². The van der Waals surface area contributed by atoms with E-state index in [0.717, 1.165) is 27.0 Å². The van der Waals surface area contributed by atoms with E-state index < -0.39 is 0 Å². The zero-order chi connectivity index (χ0) is 17.4. The minimum absolute atomic E-state index is 0.108. The lowest BCUT2D eigenvalue weighted by Gasteiger charge is -2.02. The van der Waals surface area contributed by atoms with Crippen molar-refractivity contribution in [1.82, 2.24) is 5.16 Å². The third-order valence-corrected chi connectivity index (χ3v) is 5.18. The van der Waals surface area contributed by atoms with Crippen molar-refractivity contribution in [3.8, 4) is 6.07 Å². The van der Waals surface area contributed by atoms with Crippen LogP contribution in [0.4, 0.5) is 5.00 Å². The molecule has 0 spiro atoms. The van der Waals surface area contributed by atoms with Gasteiger partial charge in [-0.1, -0.05) is 11.2 Å². The maximum absolute atomic E-state index is 12.4. The highest BCUT2D eigenvalue weighted by atomic mass is 32.1. The van der Waals surface area contributed by atoms with Gasteiger partial charge in [-0.25, -0.2) is 0 Å². The van der Waals surface area contributed by atoms with Crippen LogP contribution in [0.3, 0.4) is 0 Å². The Morgan fingerprint density at radius 1 is 1.33 bits per heavy atom. The summed E-state index contributed by atoms with van der Waals surface area (Å²) in [7, 11) is 0. The lowest BCUT2D eigenvalue weighted by Crippen LogP contribution is -2.14. The first kappa shape index (κ1) is 16.2. The van der Waals surface area contributed by atoms with Gasteiger partial charge in [-0.3, -0.25) is 4.79 Å². The standard InChI is InChI=1S/C18H17N3O2S/c1-9-5-10(2)17-13(6-9)15(21-23-17)7-16(22)20-18-14(8-19)11(3)12(4)24-18/h5-6H,7H2,1-4H3,(H,20,22). The molecule has 3 aromatic rings. The average Bonchev–Trinajstić information content (AvgIpc) is 3.01. The Balaban J connectivity index is 1.86. The quantitative estimate of drug-likeness (QED) is 0.776. The Hall–Kier alpha value is -2.65. The van der Waals surface area contributed by atoms with Gasteiger partial charge in [0.25, 0.3) is 0 Å². The molecule has 0 saturated heterocycles. The minimum atomic E-state index is -0.206. The molecule has 0 atom stereocenters. The normalized spacial score (nSPS) is 10.8. The summed E-state index contributed by atoms with van der Waals surface area (Å²) in [4.78, 5) is 13.4. The number of hydrogen-bond acceptors (Lipinski definition) is 5. The minimum Gasteiger partial charge on any atom is -0.356 e. The number of nitriles is 1. The van der Waals surface area contributed by atoms with Gasteiger partial charge in [-0.15, -0.1) is 11.3 Å². The molecule has 0 saturated carbocycles. The van der Waals surface area contributed by atoms with Gasteiger partial charge >= 0.3 is 0 Å². The molecule has 1 amide bonds. The Morgan fingerprint density at radius 3 is 2.79 bits per heavy atom.